The zero-order chi connectivity index (χ0) is 15.2. The number of halogens is 1. The number of carbonyl (C=O) groups is 1. The normalized spacial score (nSPS) is 12.0. The average molecular weight is 320 g/mol. The van der Waals surface area contributed by atoms with Crippen LogP contribution in [0.4, 0.5) is 5.69 Å². The Bertz CT molecular complexity index is 612. The van der Waals surface area contributed by atoms with Crippen molar-refractivity contribution in [2.24, 2.45) is 0 Å². The van der Waals surface area contributed by atoms with Crippen molar-refractivity contribution in [3.63, 3.8) is 0 Å². The third-order valence-corrected chi connectivity index (χ3v) is 4.52. The van der Waals surface area contributed by atoms with Gasteiger partial charge in [0.25, 0.3) is 0 Å². The van der Waals surface area contributed by atoms with E-state index in [1.54, 1.807) is 0 Å². The first-order valence-corrected chi connectivity index (χ1v) is 8.17. The molecule has 0 aliphatic rings. The standard InChI is InChI=1S/C17H18ClNOS/c1-3-13-6-4-5-7-16(13)19-17(20)12(2)21-15-10-8-14(18)9-11-15/h4-12H,3H2,1-2H3,(H,19,20)/t12-/m1/s1. The highest BCUT2D eigenvalue weighted by molar-refractivity contribution is 8.00. The Hall–Kier alpha value is -1.45. The predicted molar refractivity (Wildman–Crippen MR) is 91.2 cm³/mol. The van der Waals surface area contributed by atoms with Crippen molar-refractivity contribution in [3.05, 3.63) is 59.1 Å². The van der Waals surface area contributed by atoms with Crippen LogP contribution in [-0.2, 0) is 11.2 Å². The third-order valence-electron chi connectivity index (χ3n) is 3.15. The summed E-state index contributed by atoms with van der Waals surface area (Å²) in [5.74, 6) is 0.0100. The molecule has 0 unspecified atom stereocenters. The van der Waals surface area contributed by atoms with Crippen molar-refractivity contribution in [1.29, 1.82) is 0 Å². The number of para-hydroxylation sites is 1. The molecule has 1 amide bonds. The number of nitrogens with one attached hydrogen (secondary N) is 1. The summed E-state index contributed by atoms with van der Waals surface area (Å²) in [6, 6.07) is 15.4. The van der Waals surface area contributed by atoms with Crippen molar-refractivity contribution in [2.75, 3.05) is 5.32 Å². The van der Waals surface area contributed by atoms with Gasteiger partial charge in [0.15, 0.2) is 0 Å². The van der Waals surface area contributed by atoms with Crippen LogP contribution < -0.4 is 5.32 Å². The first kappa shape index (κ1) is 15.9. The zero-order valence-corrected chi connectivity index (χ0v) is 13.7. The van der Waals surface area contributed by atoms with E-state index in [0.717, 1.165) is 22.6 Å². The minimum atomic E-state index is -0.170. The summed E-state index contributed by atoms with van der Waals surface area (Å²) < 4.78 is 0. The molecule has 110 valence electrons. The Morgan fingerprint density at radius 1 is 1.19 bits per heavy atom. The van der Waals surface area contributed by atoms with E-state index in [2.05, 4.69) is 12.2 Å². The molecular weight excluding hydrogens is 302 g/mol. The summed E-state index contributed by atoms with van der Waals surface area (Å²) in [6.45, 7) is 3.99. The van der Waals surface area contributed by atoms with E-state index in [4.69, 9.17) is 11.6 Å². The molecule has 4 heteroatoms. The fourth-order valence-corrected chi connectivity index (χ4v) is 2.95. The van der Waals surface area contributed by atoms with Gasteiger partial charge in [0.1, 0.15) is 0 Å². The molecule has 0 fully saturated rings. The fraction of sp³-hybridized carbons (Fsp3) is 0.235. The van der Waals surface area contributed by atoms with E-state index >= 15 is 0 Å². The summed E-state index contributed by atoms with van der Waals surface area (Å²) >= 11 is 7.39. The smallest absolute Gasteiger partial charge is 0.237 e. The number of hydrogen-bond donors (Lipinski definition) is 1. The maximum absolute atomic E-state index is 12.3. The second-order valence-electron chi connectivity index (χ2n) is 4.71. The molecule has 0 saturated heterocycles. The summed E-state index contributed by atoms with van der Waals surface area (Å²) in [6.07, 6.45) is 0.898. The summed E-state index contributed by atoms with van der Waals surface area (Å²) in [5, 5.41) is 3.54. The van der Waals surface area contributed by atoms with E-state index in [9.17, 15) is 4.79 Å². The molecule has 2 nitrogen and oxygen atoms in total. The molecular formula is C17H18ClNOS. The highest BCUT2D eigenvalue weighted by atomic mass is 35.5. The van der Waals surface area contributed by atoms with Crippen molar-refractivity contribution in [3.8, 4) is 0 Å². The molecule has 0 aliphatic heterocycles. The number of carbonyl (C=O) groups excluding carboxylic acids is 1. The first-order valence-electron chi connectivity index (χ1n) is 6.91. The molecule has 0 aliphatic carbocycles. The van der Waals surface area contributed by atoms with E-state index < -0.39 is 0 Å². The number of benzene rings is 2. The Morgan fingerprint density at radius 2 is 1.86 bits per heavy atom. The lowest BCUT2D eigenvalue weighted by Crippen LogP contribution is -2.23. The SMILES string of the molecule is CCc1ccccc1NC(=O)[C@@H](C)Sc1ccc(Cl)cc1. The van der Waals surface area contributed by atoms with E-state index in [0.29, 0.717) is 5.02 Å². The van der Waals surface area contributed by atoms with Crippen LogP contribution in [-0.4, -0.2) is 11.2 Å². The molecule has 2 aromatic carbocycles. The molecule has 0 bridgehead atoms. The third kappa shape index (κ3) is 4.51. The quantitative estimate of drug-likeness (QED) is 0.784. The van der Waals surface area contributed by atoms with Crippen molar-refractivity contribution in [2.45, 2.75) is 30.4 Å². The number of aryl methyl sites for hydroxylation is 1. The van der Waals surface area contributed by atoms with Gasteiger partial charge in [0, 0.05) is 15.6 Å². The minimum Gasteiger partial charge on any atom is -0.325 e. The van der Waals surface area contributed by atoms with Gasteiger partial charge in [-0.1, -0.05) is 36.7 Å². The number of hydrogen-bond acceptors (Lipinski definition) is 2. The Labute approximate surface area is 134 Å². The number of amides is 1. The van der Waals surface area contributed by atoms with E-state index in [1.807, 2.05) is 55.5 Å². The summed E-state index contributed by atoms with van der Waals surface area (Å²) in [4.78, 5) is 13.3. The second kappa shape index (κ2) is 7.53. The lowest BCUT2D eigenvalue weighted by Gasteiger charge is -2.14. The van der Waals surface area contributed by atoms with Gasteiger partial charge in [-0.15, -0.1) is 11.8 Å². The van der Waals surface area contributed by atoms with Gasteiger partial charge >= 0.3 is 0 Å². The van der Waals surface area contributed by atoms with Gasteiger partial charge in [0.2, 0.25) is 5.91 Å². The van der Waals surface area contributed by atoms with Gasteiger partial charge in [-0.3, -0.25) is 4.79 Å². The van der Waals surface area contributed by atoms with Gasteiger partial charge in [0.05, 0.1) is 5.25 Å². The van der Waals surface area contributed by atoms with Crippen molar-refractivity contribution >= 4 is 35.0 Å². The second-order valence-corrected chi connectivity index (χ2v) is 6.56. The molecule has 0 heterocycles. The van der Waals surface area contributed by atoms with Gasteiger partial charge in [-0.2, -0.15) is 0 Å². The van der Waals surface area contributed by atoms with Crippen molar-refractivity contribution < 1.29 is 4.79 Å². The molecule has 2 aromatic rings. The fourth-order valence-electron chi connectivity index (χ4n) is 1.96. The predicted octanol–water partition coefficient (Wildman–Crippen LogP) is 5.02. The molecule has 0 saturated carbocycles. The molecule has 0 radical (unpaired) electrons. The Kier molecular flexibility index (Phi) is 5.71. The van der Waals surface area contributed by atoms with Gasteiger partial charge < -0.3 is 5.32 Å². The molecule has 21 heavy (non-hydrogen) atoms. The number of anilines is 1. The van der Waals surface area contributed by atoms with Crippen LogP contribution in [0.15, 0.2) is 53.4 Å². The molecule has 0 spiro atoms. The lowest BCUT2D eigenvalue weighted by molar-refractivity contribution is -0.115. The van der Waals surface area contributed by atoms with E-state index in [1.165, 1.54) is 11.8 Å². The first-order chi connectivity index (χ1) is 10.1. The van der Waals surface area contributed by atoms with Crippen LogP contribution in [0.25, 0.3) is 0 Å². The molecule has 2 rings (SSSR count). The highest BCUT2D eigenvalue weighted by Gasteiger charge is 2.15. The van der Waals surface area contributed by atoms with Crippen LogP contribution in [0, 0.1) is 0 Å². The largest absolute Gasteiger partial charge is 0.325 e. The average Bonchev–Trinajstić information content (AvgIpc) is 2.50. The van der Waals surface area contributed by atoms with Crippen molar-refractivity contribution in [1.82, 2.24) is 0 Å². The maximum atomic E-state index is 12.3. The maximum Gasteiger partial charge on any atom is 0.237 e. The van der Waals surface area contributed by atoms with Gasteiger partial charge in [-0.25, -0.2) is 0 Å². The molecule has 0 aromatic heterocycles. The summed E-state index contributed by atoms with van der Waals surface area (Å²) in [7, 11) is 0. The van der Waals surface area contributed by atoms with Crippen LogP contribution >= 0.6 is 23.4 Å². The topological polar surface area (TPSA) is 29.1 Å². The van der Waals surface area contributed by atoms with Crippen LogP contribution in [0.1, 0.15) is 19.4 Å². The molecule has 1 atom stereocenters. The zero-order valence-electron chi connectivity index (χ0n) is 12.1. The monoisotopic (exact) mass is 319 g/mol. The minimum absolute atomic E-state index is 0.0100. The Balaban J connectivity index is 2.01. The van der Waals surface area contributed by atoms with Crippen LogP contribution in [0.5, 0.6) is 0 Å². The number of thioether (sulfide) groups is 1. The Morgan fingerprint density at radius 3 is 2.52 bits per heavy atom. The summed E-state index contributed by atoms with van der Waals surface area (Å²) in [5.41, 5.74) is 2.04. The van der Waals surface area contributed by atoms with Crippen LogP contribution in [0.2, 0.25) is 5.02 Å². The number of rotatable bonds is 5. The van der Waals surface area contributed by atoms with Crippen LogP contribution in [0.3, 0.4) is 0 Å². The molecule has 1 N–H and O–H groups in total. The lowest BCUT2D eigenvalue weighted by atomic mass is 10.1. The van der Waals surface area contributed by atoms with Gasteiger partial charge in [-0.05, 0) is 49.2 Å². The highest BCUT2D eigenvalue weighted by Crippen LogP contribution is 2.26. The van der Waals surface area contributed by atoms with E-state index in [-0.39, 0.29) is 11.2 Å².